The predicted molar refractivity (Wildman–Crippen MR) is 147 cm³/mol. The van der Waals surface area contributed by atoms with Crippen molar-refractivity contribution in [3.05, 3.63) is 77.4 Å². The van der Waals surface area contributed by atoms with Crippen LogP contribution in [-0.4, -0.2) is 32.9 Å². The van der Waals surface area contributed by atoms with Gasteiger partial charge in [-0.2, -0.15) is 0 Å². The lowest BCUT2D eigenvalue weighted by atomic mass is 10.0. The van der Waals surface area contributed by atoms with E-state index in [1.165, 1.54) is 18.4 Å². The maximum Gasteiger partial charge on any atom is 0.251 e. The number of nitrogen functional groups attached to an aromatic ring is 1. The number of nitrogens with zero attached hydrogens (tertiary/aromatic N) is 1. The van der Waals surface area contributed by atoms with Gasteiger partial charge in [-0.25, -0.2) is 0 Å². The van der Waals surface area contributed by atoms with E-state index in [-0.39, 0.29) is 5.91 Å². The van der Waals surface area contributed by atoms with Crippen LogP contribution in [0.2, 0.25) is 0 Å². The Balaban J connectivity index is 1.58. The minimum Gasteiger partial charge on any atom is -0.397 e. The topological polar surface area (TPSA) is 88.7 Å². The lowest BCUT2D eigenvalue weighted by Gasteiger charge is -2.15. The molecule has 4 rings (SSSR count). The van der Waals surface area contributed by atoms with Gasteiger partial charge in [-0.15, -0.1) is 0 Å². The summed E-state index contributed by atoms with van der Waals surface area (Å²) >= 11 is 0. The largest absolute Gasteiger partial charge is 0.397 e. The van der Waals surface area contributed by atoms with Gasteiger partial charge in [-0.05, 0) is 79.4 Å². The van der Waals surface area contributed by atoms with Crippen molar-refractivity contribution in [3.8, 4) is 11.1 Å². The van der Waals surface area contributed by atoms with E-state index in [1.54, 1.807) is 14.0 Å². The number of hydrogen-bond acceptors (Lipinski definition) is 5. The number of nitrogens with one attached hydrogen (secondary N) is 2. The first-order valence-corrected chi connectivity index (χ1v) is 11.8. The van der Waals surface area contributed by atoms with E-state index in [4.69, 9.17) is 10.5 Å². The molecule has 0 spiro atoms. The number of benzene rings is 3. The first kappa shape index (κ1) is 24.2. The van der Waals surface area contributed by atoms with E-state index in [0.717, 1.165) is 28.1 Å². The Kier molecular flexibility index (Phi) is 7.63. The second-order valence-electron chi connectivity index (χ2n) is 8.80. The lowest BCUT2D eigenvalue weighted by molar-refractivity contribution is -0.112. The summed E-state index contributed by atoms with van der Waals surface area (Å²) < 4.78 is 5.17. The highest BCUT2D eigenvalue weighted by atomic mass is 16.5. The Bertz CT molecular complexity index is 1250. The average molecular weight is 469 g/mol. The van der Waals surface area contributed by atoms with Crippen molar-refractivity contribution in [2.24, 2.45) is 4.99 Å². The molecule has 1 aliphatic carbocycles. The predicted octanol–water partition coefficient (Wildman–Crippen LogP) is 6.25. The molecule has 6 heteroatoms. The number of nitrogens with two attached hydrogens (primary N) is 1. The monoisotopic (exact) mass is 468 g/mol. The quantitative estimate of drug-likeness (QED) is 0.142. The van der Waals surface area contributed by atoms with E-state index in [1.807, 2.05) is 60.7 Å². The van der Waals surface area contributed by atoms with Crippen molar-refractivity contribution in [1.82, 2.24) is 0 Å². The fourth-order valence-electron chi connectivity index (χ4n) is 4.04. The molecule has 1 fully saturated rings. The van der Waals surface area contributed by atoms with E-state index in [2.05, 4.69) is 28.4 Å². The normalized spacial score (nSPS) is 13.4. The fraction of sp³-hybridized carbons (Fsp3) is 0.241. The standard InChI is InChI=1S/C29H32N4O2/c1-19(29(34)33-28-17-22(11-12-25(28)30)20-7-5-4-6-8-20)15-23-16-24(21-9-10-21)27(18-26(23)31-2)32-13-14-35-3/h4-8,11-12,15-18,21,32H,2,9-10,13-14,30H2,1,3H3,(H,33,34)/b19-15+. The SMILES string of the molecule is C=Nc1cc(NCCOC)c(C2CC2)cc1/C=C(\C)C(=O)Nc1cc(-c2ccccc2)ccc1N. The van der Waals surface area contributed by atoms with Crippen LogP contribution in [-0.2, 0) is 9.53 Å². The van der Waals surface area contributed by atoms with Crippen LogP contribution in [0, 0.1) is 0 Å². The smallest absolute Gasteiger partial charge is 0.251 e. The summed E-state index contributed by atoms with van der Waals surface area (Å²) in [4.78, 5) is 17.3. The molecule has 0 heterocycles. The Morgan fingerprint density at radius 3 is 2.57 bits per heavy atom. The molecular weight excluding hydrogens is 436 g/mol. The van der Waals surface area contributed by atoms with Crippen molar-refractivity contribution in [2.75, 3.05) is 36.6 Å². The summed E-state index contributed by atoms with van der Waals surface area (Å²) in [5.41, 5.74) is 13.8. The summed E-state index contributed by atoms with van der Waals surface area (Å²) in [6.07, 6.45) is 4.19. The summed E-state index contributed by atoms with van der Waals surface area (Å²) in [7, 11) is 1.69. The van der Waals surface area contributed by atoms with Crippen molar-refractivity contribution in [2.45, 2.75) is 25.7 Å². The van der Waals surface area contributed by atoms with Gasteiger partial charge in [0, 0.05) is 30.5 Å². The molecule has 1 amide bonds. The lowest BCUT2D eigenvalue weighted by Crippen LogP contribution is -2.14. The van der Waals surface area contributed by atoms with Gasteiger partial charge in [0.2, 0.25) is 0 Å². The number of anilines is 3. The van der Waals surface area contributed by atoms with Gasteiger partial charge in [0.1, 0.15) is 0 Å². The highest BCUT2D eigenvalue weighted by molar-refractivity contribution is 6.08. The number of carbonyl (C=O) groups is 1. The molecule has 6 nitrogen and oxygen atoms in total. The first-order chi connectivity index (χ1) is 17.0. The Labute approximate surface area is 206 Å². The third-order valence-electron chi connectivity index (χ3n) is 6.15. The third-order valence-corrected chi connectivity index (χ3v) is 6.15. The summed E-state index contributed by atoms with van der Waals surface area (Å²) in [6.45, 7) is 6.87. The van der Waals surface area contributed by atoms with Crippen molar-refractivity contribution in [1.29, 1.82) is 0 Å². The molecule has 0 bridgehead atoms. The van der Waals surface area contributed by atoms with Crippen LogP contribution in [0.5, 0.6) is 0 Å². The second kappa shape index (κ2) is 11.0. The second-order valence-corrected chi connectivity index (χ2v) is 8.80. The van der Waals surface area contributed by atoms with E-state index in [9.17, 15) is 4.79 Å². The zero-order valence-corrected chi connectivity index (χ0v) is 20.3. The van der Waals surface area contributed by atoms with Gasteiger partial charge < -0.3 is 21.1 Å². The molecular formula is C29H32N4O2. The van der Waals surface area contributed by atoms with Crippen LogP contribution < -0.4 is 16.4 Å². The molecule has 180 valence electrons. The Hall–Kier alpha value is -3.90. The van der Waals surface area contributed by atoms with E-state index in [0.29, 0.717) is 36.0 Å². The maximum atomic E-state index is 13.1. The highest BCUT2D eigenvalue weighted by Gasteiger charge is 2.27. The minimum atomic E-state index is -0.216. The number of amides is 1. The molecule has 4 N–H and O–H groups in total. The summed E-state index contributed by atoms with van der Waals surface area (Å²) in [5, 5.41) is 6.41. The molecule has 0 unspecified atom stereocenters. The zero-order valence-electron chi connectivity index (χ0n) is 20.3. The van der Waals surface area contributed by atoms with Crippen molar-refractivity contribution in [3.63, 3.8) is 0 Å². The number of methoxy groups -OCH3 is 1. The number of carbonyl (C=O) groups excluding carboxylic acids is 1. The molecule has 1 saturated carbocycles. The number of aliphatic imine (C=N–C) groups is 1. The highest BCUT2D eigenvalue weighted by Crippen LogP contribution is 2.45. The minimum absolute atomic E-state index is 0.216. The van der Waals surface area contributed by atoms with Crippen LogP contribution in [0.15, 0.2) is 71.2 Å². The zero-order chi connectivity index (χ0) is 24.8. The number of hydrogen-bond donors (Lipinski definition) is 3. The van der Waals surface area contributed by atoms with Crippen LogP contribution >= 0.6 is 0 Å². The molecule has 1 aliphatic rings. The number of ether oxygens (including phenoxy) is 1. The van der Waals surface area contributed by atoms with Crippen molar-refractivity contribution >= 4 is 41.5 Å². The van der Waals surface area contributed by atoms with Gasteiger partial charge in [-0.1, -0.05) is 36.4 Å². The molecule has 0 aliphatic heterocycles. The Morgan fingerprint density at radius 1 is 1.11 bits per heavy atom. The molecule has 3 aromatic rings. The molecule has 0 atom stereocenters. The van der Waals surface area contributed by atoms with Crippen molar-refractivity contribution < 1.29 is 9.53 Å². The molecule has 0 saturated heterocycles. The number of rotatable bonds is 10. The summed E-state index contributed by atoms with van der Waals surface area (Å²) in [5.74, 6) is 0.313. The average Bonchev–Trinajstić information content (AvgIpc) is 3.72. The first-order valence-electron chi connectivity index (χ1n) is 11.8. The van der Waals surface area contributed by atoms with Crippen LogP contribution in [0.25, 0.3) is 17.2 Å². The maximum absolute atomic E-state index is 13.1. The van der Waals surface area contributed by atoms with Gasteiger partial charge in [0.15, 0.2) is 0 Å². The Morgan fingerprint density at radius 2 is 1.89 bits per heavy atom. The van der Waals surface area contributed by atoms with Gasteiger partial charge in [0.25, 0.3) is 5.91 Å². The van der Waals surface area contributed by atoms with Crippen LogP contribution in [0.4, 0.5) is 22.7 Å². The summed E-state index contributed by atoms with van der Waals surface area (Å²) in [6, 6.07) is 19.8. The van der Waals surface area contributed by atoms with E-state index >= 15 is 0 Å². The van der Waals surface area contributed by atoms with Crippen LogP contribution in [0.3, 0.4) is 0 Å². The third kappa shape index (κ3) is 5.97. The molecule has 0 aromatic heterocycles. The van der Waals surface area contributed by atoms with Gasteiger partial charge in [-0.3, -0.25) is 9.79 Å². The fourth-order valence-corrected chi connectivity index (χ4v) is 4.04. The molecule has 35 heavy (non-hydrogen) atoms. The molecule has 3 aromatic carbocycles. The van der Waals surface area contributed by atoms with E-state index < -0.39 is 0 Å². The van der Waals surface area contributed by atoms with Crippen LogP contribution in [0.1, 0.15) is 36.8 Å². The van der Waals surface area contributed by atoms with Gasteiger partial charge in [0.05, 0.1) is 23.7 Å². The van der Waals surface area contributed by atoms with Gasteiger partial charge >= 0.3 is 0 Å². The molecule has 0 radical (unpaired) electrons.